The number of ketones is 7. The average molecular weight is 2050 g/mol. The van der Waals surface area contributed by atoms with Crippen molar-refractivity contribution in [1.82, 2.24) is 31.2 Å². The minimum absolute atomic E-state index is 0.0262. The van der Waals surface area contributed by atoms with Crippen molar-refractivity contribution in [2.24, 2.45) is 34.8 Å². The Bertz CT molecular complexity index is 3580. The van der Waals surface area contributed by atoms with Crippen molar-refractivity contribution in [3.63, 3.8) is 0 Å². The highest BCUT2D eigenvalue weighted by atomic mass is 16.5. The number of nitrogens with two attached hydrogens (primary N) is 1. The van der Waals surface area contributed by atoms with Crippen LogP contribution in [0.25, 0.3) is 0 Å². The van der Waals surface area contributed by atoms with Gasteiger partial charge in [0.15, 0.2) is 23.1 Å². The molecule has 0 saturated heterocycles. The molecule has 0 spiro atoms. The van der Waals surface area contributed by atoms with E-state index in [0.717, 1.165) is 89.9 Å². The third kappa shape index (κ3) is 84.8. The van der Waals surface area contributed by atoms with E-state index in [2.05, 4.69) is 37.8 Å². The monoisotopic (exact) mass is 2040 g/mol. The first-order valence-corrected chi connectivity index (χ1v) is 54.8. The summed E-state index contributed by atoms with van der Waals surface area (Å²) in [6.07, 6.45) is 49.3. The van der Waals surface area contributed by atoms with Gasteiger partial charge >= 0.3 is 29.8 Å². The van der Waals surface area contributed by atoms with Crippen LogP contribution in [0.4, 0.5) is 0 Å². The number of carbonyl (C=O) groups excluding carboxylic acids is 10. The van der Waals surface area contributed by atoms with E-state index in [0.29, 0.717) is 88.9 Å². The lowest BCUT2D eigenvalue weighted by Gasteiger charge is -2.24. The van der Waals surface area contributed by atoms with Gasteiger partial charge < -0.3 is 95.4 Å². The number of ether oxygens (including phenoxy) is 8. The number of amides is 3. The van der Waals surface area contributed by atoms with Crippen molar-refractivity contribution in [2.45, 2.75) is 412 Å². The van der Waals surface area contributed by atoms with Gasteiger partial charge in [-0.3, -0.25) is 71.9 Å². The summed E-state index contributed by atoms with van der Waals surface area (Å²) in [5, 5.41) is 58.6. The number of imidazole rings is 1. The highest BCUT2D eigenvalue weighted by Gasteiger charge is 2.34. The summed E-state index contributed by atoms with van der Waals surface area (Å²) in [6.45, 7) is 10.7. The number of unbranched alkanes of at least 4 members (excludes halogenated alkanes) is 36. The fourth-order valence-electron chi connectivity index (χ4n) is 16.9. The van der Waals surface area contributed by atoms with E-state index in [1.807, 2.05) is 0 Å². The number of Topliss-reactive ketones (excluding diaryl/α,β-unsaturated/α-hetero) is 7. The van der Waals surface area contributed by atoms with Crippen molar-refractivity contribution < 1.29 is 135 Å². The van der Waals surface area contributed by atoms with E-state index in [4.69, 9.17) is 53.8 Å². The van der Waals surface area contributed by atoms with Gasteiger partial charge in [-0.1, -0.05) is 239 Å². The number of aliphatic carboxylic acids is 5. The number of rotatable bonds is 112. The number of carbonyl (C=O) groups is 15. The van der Waals surface area contributed by atoms with Crippen molar-refractivity contribution in [2.75, 3.05) is 132 Å². The average Bonchev–Trinajstić information content (AvgIpc) is 1.01. The van der Waals surface area contributed by atoms with Gasteiger partial charge in [-0.05, 0) is 83.5 Å². The third-order valence-electron chi connectivity index (χ3n) is 25.8. The summed E-state index contributed by atoms with van der Waals surface area (Å²) >= 11 is 0. The van der Waals surface area contributed by atoms with Crippen LogP contribution in [0.1, 0.15) is 405 Å². The molecule has 828 valence electrons. The maximum atomic E-state index is 13.7. The Morgan fingerprint density at radius 2 is 0.646 bits per heavy atom. The summed E-state index contributed by atoms with van der Waals surface area (Å²) in [7, 11) is 0. The van der Waals surface area contributed by atoms with Crippen LogP contribution >= 0.6 is 0 Å². The highest BCUT2D eigenvalue weighted by molar-refractivity contribution is 5.93. The normalized spacial score (nSPS) is 12.5. The quantitative estimate of drug-likeness (QED) is 0.0270. The largest absolute Gasteiger partial charge is 0.481 e. The summed E-state index contributed by atoms with van der Waals surface area (Å²) in [4.78, 5) is 193. The fourth-order valence-corrected chi connectivity index (χ4v) is 16.9. The van der Waals surface area contributed by atoms with Crippen LogP contribution in [-0.4, -0.2) is 261 Å². The van der Waals surface area contributed by atoms with Crippen LogP contribution in [0.3, 0.4) is 0 Å². The van der Waals surface area contributed by atoms with Crippen LogP contribution in [0, 0.1) is 29.1 Å². The van der Waals surface area contributed by atoms with E-state index < -0.39 is 65.0 Å². The first kappa shape index (κ1) is 134. The van der Waals surface area contributed by atoms with Crippen LogP contribution in [0.15, 0.2) is 24.8 Å². The number of hydrogen-bond acceptors (Lipinski definition) is 26. The molecule has 0 radical (unpaired) electrons. The maximum Gasteiger partial charge on any atom is 0.306 e. The summed E-state index contributed by atoms with van der Waals surface area (Å²) in [6, 6.07) is -0.838. The molecule has 0 unspecified atom stereocenters. The molecule has 35 nitrogen and oxygen atoms in total. The van der Waals surface area contributed by atoms with Gasteiger partial charge in [-0.25, -0.2) is 4.98 Å². The molecule has 0 aliphatic rings. The minimum Gasteiger partial charge on any atom is -0.481 e. The first-order chi connectivity index (χ1) is 69.5. The summed E-state index contributed by atoms with van der Waals surface area (Å²) in [5.41, 5.74) is 6.40. The molecule has 0 aliphatic heterocycles. The molecular formula is C109H189N7O28. The highest BCUT2D eigenvalue weighted by Crippen LogP contribution is 2.29. The minimum atomic E-state index is -1.09. The molecule has 0 aromatic carbocycles. The predicted molar refractivity (Wildman–Crippen MR) is 551 cm³/mol. The molecule has 0 bridgehead atoms. The smallest absolute Gasteiger partial charge is 0.306 e. The standard InChI is InChI=1S/C109H189N7O28/c1-87(82-141-72-68-137-64-44-50-95(119)83-142-74-70-139-66-62-113-101(124)58-55-90(107(133)134)77-93(117)48-36-32-28-24-20-16-12-8-4-6-10-14-18-22-26-30-34-38-52-103(126)127)112-60-42-41-47-89(105(130)115-61-43-40-46-88(106(131)132)54-57-100(123)109(2,3)80-99(122)98(110)79-92-81-111-86-116-92)76-97(121)85-144-73-69-138-65-45-51-96(120)84-143-75-71-140-67-63-114-102(125)59-56-91(108(135)136)78-94(118)49-37-33-29-25-21-17-13-9-5-7-11-15-19-23-27-31-35-39-53-104(128)129/h81,86,88-91,98,112H,1,4-80,82-85,110H2,2-3H3,(H,111,116)(H,113,124)(H,114,125)(H,115,130)(H,126,127)(H,128,129)(H,131,132)(H,133,134)(H,135,136)/t88-,89-,90-,91-,98+/m1/s1. The number of aromatic amines is 1. The van der Waals surface area contributed by atoms with Gasteiger partial charge in [0.1, 0.15) is 37.2 Å². The summed E-state index contributed by atoms with van der Waals surface area (Å²) in [5.74, 6) is -10.3. The van der Waals surface area contributed by atoms with Crippen molar-refractivity contribution in [3.05, 3.63) is 30.5 Å². The van der Waals surface area contributed by atoms with E-state index in [1.54, 1.807) is 20.0 Å². The van der Waals surface area contributed by atoms with Crippen molar-refractivity contribution >= 4 is 88.1 Å². The Kier molecular flexibility index (Phi) is 86.8. The lowest BCUT2D eigenvalue weighted by molar-refractivity contribution is -0.144. The molecule has 0 aliphatic carbocycles. The lowest BCUT2D eigenvalue weighted by atomic mass is 9.78. The molecule has 5 atom stereocenters. The second-order valence-electron chi connectivity index (χ2n) is 39.5. The van der Waals surface area contributed by atoms with Crippen LogP contribution in [0.5, 0.6) is 0 Å². The van der Waals surface area contributed by atoms with Gasteiger partial charge in [0, 0.05) is 158 Å². The van der Waals surface area contributed by atoms with Crippen LogP contribution < -0.4 is 27.0 Å². The number of nitrogens with one attached hydrogen (secondary N) is 5. The second kappa shape index (κ2) is 93.4. The molecule has 3 amide bonds. The first-order valence-electron chi connectivity index (χ1n) is 54.8. The zero-order valence-corrected chi connectivity index (χ0v) is 88.2. The molecule has 0 saturated carbocycles. The Morgan fingerprint density at radius 1 is 0.326 bits per heavy atom. The van der Waals surface area contributed by atoms with Crippen LogP contribution in [0.2, 0.25) is 0 Å². The van der Waals surface area contributed by atoms with Crippen molar-refractivity contribution in [3.8, 4) is 0 Å². The van der Waals surface area contributed by atoms with E-state index >= 15 is 0 Å². The van der Waals surface area contributed by atoms with Gasteiger partial charge in [-0.2, -0.15) is 0 Å². The van der Waals surface area contributed by atoms with Gasteiger partial charge in [0.05, 0.1) is 103 Å². The number of carboxylic acid groups (broad SMARTS) is 5. The van der Waals surface area contributed by atoms with E-state index in [-0.39, 0.29) is 273 Å². The topological polar surface area (TPSA) is 534 Å². The molecular weight excluding hydrogens is 1860 g/mol. The summed E-state index contributed by atoms with van der Waals surface area (Å²) < 4.78 is 44.6. The zero-order valence-electron chi connectivity index (χ0n) is 88.2. The Labute approximate surface area is 859 Å². The van der Waals surface area contributed by atoms with Gasteiger partial charge in [-0.15, -0.1) is 0 Å². The Balaban J connectivity index is 2.36. The lowest BCUT2D eigenvalue weighted by Crippen LogP contribution is -2.38. The number of hydrogen-bond donors (Lipinski definition) is 11. The predicted octanol–water partition coefficient (Wildman–Crippen LogP) is 17.2. The molecule has 1 rings (SSSR count). The maximum absolute atomic E-state index is 13.7. The van der Waals surface area contributed by atoms with Crippen LogP contribution in [-0.2, 0) is 116 Å². The molecule has 1 aromatic rings. The van der Waals surface area contributed by atoms with Crippen molar-refractivity contribution in [1.29, 1.82) is 0 Å². The second-order valence-corrected chi connectivity index (χ2v) is 39.5. The van der Waals surface area contributed by atoms with Gasteiger partial charge in [0.25, 0.3) is 0 Å². The van der Waals surface area contributed by atoms with E-state index in [1.165, 1.54) is 148 Å². The SMILES string of the molecule is C=C(COCCOCCCC(=O)COCCOCCNC(=O)CC[C@H](CC(=O)CCCCCCCCCCCCCCCCCCCCC(=O)O)C(=O)O)NCCCC[C@H](CC(=O)COCCOCCCC(=O)COCCOCCNC(=O)CC[C@H](CC(=O)CCCCCCCCCCCCCCCCCCCCC(=O)O)C(=O)O)C(=O)NCCCC[C@H](CCC(=O)C(C)(C)CC(=O)[C@@H](N)Cc1cnc[nH]1)C(=O)O. The third-order valence-corrected chi connectivity index (χ3v) is 25.8. The molecule has 144 heavy (non-hydrogen) atoms. The fraction of sp³-hybridized carbons (Fsp3) is 0.817. The number of carboxylic acids is 5. The molecule has 12 N–H and O–H groups in total. The van der Waals surface area contributed by atoms with E-state index in [9.17, 15) is 87.2 Å². The Hall–Kier alpha value is -8.16. The van der Waals surface area contributed by atoms with Gasteiger partial charge in [0.2, 0.25) is 17.7 Å². The zero-order chi connectivity index (χ0) is 106. The number of aromatic nitrogens is 2. The number of H-pyrrole nitrogens is 1. The molecule has 1 heterocycles. The molecule has 0 fully saturated rings. The molecule has 1 aromatic heterocycles. The Morgan fingerprint density at radius 3 is 1.01 bits per heavy atom. The number of nitrogens with zero attached hydrogens (tertiary/aromatic N) is 1. The molecule has 35 heteroatoms.